The summed E-state index contributed by atoms with van der Waals surface area (Å²) in [7, 11) is 1.64. The van der Waals surface area contributed by atoms with Gasteiger partial charge >= 0.3 is 0 Å². The highest BCUT2D eigenvalue weighted by atomic mass is 32.2. The number of thioether (sulfide) groups is 1. The van der Waals surface area contributed by atoms with Gasteiger partial charge in [0, 0.05) is 24.4 Å². The molecule has 0 fully saturated rings. The summed E-state index contributed by atoms with van der Waals surface area (Å²) in [6.07, 6.45) is 3.94. The molecule has 35 heavy (non-hydrogen) atoms. The van der Waals surface area contributed by atoms with Gasteiger partial charge in [0.15, 0.2) is 0 Å². The molecule has 9 heteroatoms. The molecule has 0 radical (unpaired) electrons. The van der Waals surface area contributed by atoms with Gasteiger partial charge in [-0.25, -0.2) is 5.01 Å². The minimum absolute atomic E-state index is 0.125. The fraction of sp³-hybridized carbons (Fsp3) is 0.192. The summed E-state index contributed by atoms with van der Waals surface area (Å²) < 4.78 is 11.0. The van der Waals surface area contributed by atoms with Gasteiger partial charge in [0.25, 0.3) is 11.1 Å². The third kappa shape index (κ3) is 5.09. The molecule has 1 atom stereocenters. The first-order chi connectivity index (χ1) is 17.1. The molecule has 0 saturated heterocycles. The Morgan fingerprint density at radius 1 is 1.03 bits per heavy atom. The molecule has 0 bridgehead atoms. The maximum Gasteiger partial charge on any atom is 0.277 e. The highest BCUT2D eigenvalue weighted by Crippen LogP contribution is 2.34. The van der Waals surface area contributed by atoms with Crippen molar-refractivity contribution in [2.24, 2.45) is 5.10 Å². The molecule has 0 aliphatic carbocycles. The van der Waals surface area contributed by atoms with Gasteiger partial charge in [0.2, 0.25) is 5.89 Å². The molecule has 0 saturated carbocycles. The number of aryl methyl sites for hydroxylation is 1. The number of hydrogen-bond acceptors (Lipinski definition) is 8. The lowest BCUT2D eigenvalue weighted by Gasteiger charge is -2.21. The zero-order chi connectivity index (χ0) is 24.2. The number of hydrazone groups is 1. The second kappa shape index (κ2) is 10.1. The highest BCUT2D eigenvalue weighted by molar-refractivity contribution is 7.99. The highest BCUT2D eigenvalue weighted by Gasteiger charge is 2.33. The molecule has 1 amide bonds. The summed E-state index contributed by atoms with van der Waals surface area (Å²) in [5.74, 6) is 1.16. The van der Waals surface area contributed by atoms with Gasteiger partial charge < -0.3 is 9.15 Å². The van der Waals surface area contributed by atoms with E-state index in [-0.39, 0.29) is 17.7 Å². The lowest BCUT2D eigenvalue weighted by molar-refractivity contribution is -0.130. The average molecular weight is 486 g/mol. The van der Waals surface area contributed by atoms with Gasteiger partial charge in [-0.1, -0.05) is 41.6 Å². The van der Waals surface area contributed by atoms with E-state index in [4.69, 9.17) is 14.3 Å². The first-order valence-electron chi connectivity index (χ1n) is 11.1. The van der Waals surface area contributed by atoms with Gasteiger partial charge in [-0.15, -0.1) is 10.2 Å². The topological polar surface area (TPSA) is 93.7 Å². The summed E-state index contributed by atoms with van der Waals surface area (Å²) in [5.41, 5.74) is 4.80. The van der Waals surface area contributed by atoms with Gasteiger partial charge in [-0.2, -0.15) is 5.10 Å². The molecule has 1 aliphatic rings. The van der Waals surface area contributed by atoms with Crippen LogP contribution in [-0.4, -0.2) is 44.7 Å². The molecule has 1 unspecified atom stereocenters. The Labute approximate surface area is 207 Å². The Morgan fingerprint density at radius 2 is 1.77 bits per heavy atom. The van der Waals surface area contributed by atoms with Crippen LogP contribution < -0.4 is 4.74 Å². The van der Waals surface area contributed by atoms with Crippen LogP contribution in [0.3, 0.4) is 0 Å². The number of carbonyl (C=O) groups is 1. The van der Waals surface area contributed by atoms with Crippen molar-refractivity contribution in [3.63, 3.8) is 0 Å². The number of aromatic nitrogens is 3. The van der Waals surface area contributed by atoms with Crippen LogP contribution in [0.4, 0.5) is 0 Å². The molecule has 8 nitrogen and oxygen atoms in total. The Kier molecular flexibility index (Phi) is 6.58. The largest absolute Gasteiger partial charge is 0.497 e. The van der Waals surface area contributed by atoms with E-state index >= 15 is 0 Å². The first-order valence-corrected chi connectivity index (χ1v) is 12.1. The van der Waals surface area contributed by atoms with E-state index in [2.05, 4.69) is 39.4 Å². The summed E-state index contributed by atoms with van der Waals surface area (Å²) in [4.78, 5) is 17.3. The molecule has 4 aromatic rings. The van der Waals surface area contributed by atoms with Crippen molar-refractivity contribution < 1.29 is 13.9 Å². The van der Waals surface area contributed by atoms with Crippen molar-refractivity contribution in [2.75, 3.05) is 12.9 Å². The van der Waals surface area contributed by atoms with E-state index in [0.717, 1.165) is 33.7 Å². The second-order valence-corrected chi connectivity index (χ2v) is 8.97. The quantitative estimate of drug-likeness (QED) is 0.343. The number of ether oxygens (including phenoxy) is 1. The SMILES string of the molecule is COc1ccc(C2=NN(C(=O)CSc3nnc(-c4ccncc4)o3)C(c3ccc(C)cc3)C2)cc1. The van der Waals surface area contributed by atoms with Crippen LogP contribution in [0, 0.1) is 6.92 Å². The van der Waals surface area contributed by atoms with Crippen LogP contribution in [-0.2, 0) is 4.79 Å². The average Bonchev–Trinajstić information content (AvgIpc) is 3.56. The van der Waals surface area contributed by atoms with Crippen LogP contribution in [0.2, 0.25) is 0 Å². The number of rotatable bonds is 7. The predicted octanol–water partition coefficient (Wildman–Crippen LogP) is 4.92. The van der Waals surface area contributed by atoms with Crippen molar-refractivity contribution in [3.05, 3.63) is 89.7 Å². The van der Waals surface area contributed by atoms with Crippen molar-refractivity contribution in [1.82, 2.24) is 20.2 Å². The van der Waals surface area contributed by atoms with Crippen LogP contribution in [0.15, 0.2) is 87.8 Å². The maximum atomic E-state index is 13.3. The van der Waals surface area contributed by atoms with Crippen molar-refractivity contribution in [2.45, 2.75) is 24.6 Å². The monoisotopic (exact) mass is 485 g/mol. The maximum absolute atomic E-state index is 13.3. The predicted molar refractivity (Wildman–Crippen MR) is 133 cm³/mol. The molecule has 0 N–H and O–H groups in total. The van der Waals surface area contributed by atoms with E-state index < -0.39 is 0 Å². The van der Waals surface area contributed by atoms with Crippen LogP contribution in [0.1, 0.15) is 29.2 Å². The molecule has 5 rings (SSSR count). The fourth-order valence-corrected chi connectivity index (χ4v) is 4.43. The van der Waals surface area contributed by atoms with Crippen molar-refractivity contribution >= 4 is 23.4 Å². The van der Waals surface area contributed by atoms with Crippen molar-refractivity contribution in [1.29, 1.82) is 0 Å². The van der Waals surface area contributed by atoms with E-state index in [0.29, 0.717) is 17.5 Å². The third-order valence-electron chi connectivity index (χ3n) is 5.70. The van der Waals surface area contributed by atoms with E-state index in [1.165, 1.54) is 11.8 Å². The fourth-order valence-electron chi connectivity index (χ4n) is 3.82. The number of hydrogen-bond donors (Lipinski definition) is 0. The Bertz CT molecular complexity index is 1340. The molecule has 1 aliphatic heterocycles. The molecular formula is C26H23N5O3S. The standard InChI is InChI=1S/C26H23N5O3S/c1-17-3-5-19(6-4-17)23-15-22(18-7-9-21(33-2)10-8-18)30-31(23)24(32)16-35-26-29-28-25(34-26)20-11-13-27-14-12-20/h3-14,23H,15-16H2,1-2H3. The Hall–Kier alpha value is -3.98. The summed E-state index contributed by atoms with van der Waals surface area (Å²) in [5, 5.41) is 14.8. The normalized spacial score (nSPS) is 15.2. The van der Waals surface area contributed by atoms with E-state index in [1.807, 2.05) is 31.2 Å². The third-order valence-corrected chi connectivity index (χ3v) is 6.51. The first kappa shape index (κ1) is 22.8. The van der Waals surface area contributed by atoms with Crippen LogP contribution in [0.5, 0.6) is 5.75 Å². The Morgan fingerprint density at radius 3 is 2.49 bits per heavy atom. The van der Waals surface area contributed by atoms with Crippen LogP contribution in [0.25, 0.3) is 11.5 Å². The second-order valence-electron chi connectivity index (χ2n) is 8.04. The van der Waals surface area contributed by atoms with Gasteiger partial charge in [0.1, 0.15) is 5.75 Å². The zero-order valence-electron chi connectivity index (χ0n) is 19.3. The lowest BCUT2D eigenvalue weighted by Crippen LogP contribution is -2.28. The zero-order valence-corrected chi connectivity index (χ0v) is 20.1. The van der Waals surface area contributed by atoms with E-state index in [9.17, 15) is 4.79 Å². The molecule has 0 spiro atoms. The minimum Gasteiger partial charge on any atom is -0.497 e. The molecule has 2 aromatic carbocycles. The number of nitrogens with zero attached hydrogens (tertiary/aromatic N) is 5. The van der Waals surface area contributed by atoms with Gasteiger partial charge in [-0.3, -0.25) is 9.78 Å². The number of carbonyl (C=O) groups excluding carboxylic acids is 1. The van der Waals surface area contributed by atoms with Crippen LogP contribution >= 0.6 is 11.8 Å². The van der Waals surface area contributed by atoms with Gasteiger partial charge in [-0.05, 0) is 54.4 Å². The van der Waals surface area contributed by atoms with Crippen molar-refractivity contribution in [3.8, 4) is 17.2 Å². The molecule has 176 valence electrons. The number of methoxy groups -OCH3 is 1. The van der Waals surface area contributed by atoms with E-state index in [1.54, 1.807) is 36.6 Å². The number of amides is 1. The van der Waals surface area contributed by atoms with Gasteiger partial charge in [0.05, 0.1) is 24.6 Å². The smallest absolute Gasteiger partial charge is 0.277 e. The molecule has 2 aromatic heterocycles. The summed E-state index contributed by atoms with van der Waals surface area (Å²) in [6, 6.07) is 19.3. The number of benzene rings is 2. The molecular weight excluding hydrogens is 462 g/mol. The Balaban J connectivity index is 1.34. The minimum atomic E-state index is -0.184. The lowest BCUT2D eigenvalue weighted by atomic mass is 9.97. The molecule has 3 heterocycles. The summed E-state index contributed by atoms with van der Waals surface area (Å²) >= 11 is 1.20. The number of pyridine rings is 1. The summed E-state index contributed by atoms with van der Waals surface area (Å²) in [6.45, 7) is 2.04.